The highest BCUT2D eigenvalue weighted by Gasteiger charge is 2.10. The smallest absolute Gasteiger partial charge is 0.354 e. The average molecular weight is 372 g/mol. The molecule has 0 unspecified atom stereocenters. The van der Waals surface area contributed by atoms with E-state index in [-0.39, 0.29) is 5.97 Å². The van der Waals surface area contributed by atoms with Gasteiger partial charge >= 0.3 is 5.97 Å². The number of H-pyrrole nitrogens is 1. The number of carbonyl (C=O) groups is 1. The van der Waals surface area contributed by atoms with Gasteiger partial charge in [0.05, 0.1) is 6.61 Å². The maximum atomic E-state index is 11.8. The molecule has 0 spiro atoms. The molecule has 0 fully saturated rings. The highest BCUT2D eigenvalue weighted by molar-refractivity contribution is 5.94. The standard InChI is InChI=1S/C24H37NO2/c1-5-27-23(26)22-18-20-17-19(14-15-21(20)25-22)13-11-9-7-6-8-10-12-16-24(2,3)4/h14-15,17-18,25H,5-13,16H2,1-4H3. The number of nitrogens with one attached hydrogen (secondary N) is 1. The first-order valence-electron chi connectivity index (χ1n) is 10.7. The van der Waals surface area contributed by atoms with Gasteiger partial charge in [-0.25, -0.2) is 4.79 Å². The lowest BCUT2D eigenvalue weighted by Crippen LogP contribution is -2.04. The van der Waals surface area contributed by atoms with Crippen LogP contribution in [0, 0.1) is 5.41 Å². The van der Waals surface area contributed by atoms with Gasteiger partial charge in [-0.2, -0.15) is 0 Å². The summed E-state index contributed by atoms with van der Waals surface area (Å²) in [6, 6.07) is 8.33. The third-order valence-electron chi connectivity index (χ3n) is 5.07. The number of aryl methyl sites for hydroxylation is 1. The fraction of sp³-hybridized carbons (Fsp3) is 0.625. The highest BCUT2D eigenvalue weighted by atomic mass is 16.5. The van der Waals surface area contributed by atoms with E-state index in [0.717, 1.165) is 17.3 Å². The molecule has 3 nitrogen and oxygen atoms in total. The van der Waals surface area contributed by atoms with Gasteiger partial charge in [-0.05, 0) is 55.4 Å². The van der Waals surface area contributed by atoms with Crippen LogP contribution in [0.2, 0.25) is 0 Å². The Bertz CT molecular complexity index is 709. The number of benzene rings is 1. The Labute approximate surface area is 164 Å². The normalized spacial score (nSPS) is 11.9. The Morgan fingerprint density at radius 1 is 0.963 bits per heavy atom. The van der Waals surface area contributed by atoms with Crippen LogP contribution in [0.5, 0.6) is 0 Å². The molecule has 1 heterocycles. The van der Waals surface area contributed by atoms with Crippen LogP contribution in [0.15, 0.2) is 24.3 Å². The van der Waals surface area contributed by atoms with Crippen molar-refractivity contribution < 1.29 is 9.53 Å². The molecule has 0 saturated heterocycles. The summed E-state index contributed by atoms with van der Waals surface area (Å²) in [5, 5.41) is 1.09. The zero-order valence-electron chi connectivity index (χ0n) is 17.7. The molecular formula is C24H37NO2. The van der Waals surface area contributed by atoms with Gasteiger partial charge in [-0.1, -0.05) is 65.4 Å². The van der Waals surface area contributed by atoms with Gasteiger partial charge in [0.25, 0.3) is 0 Å². The molecule has 2 rings (SSSR count). The first-order chi connectivity index (χ1) is 12.9. The average Bonchev–Trinajstić information content (AvgIpc) is 3.03. The third-order valence-corrected chi connectivity index (χ3v) is 5.07. The quantitative estimate of drug-likeness (QED) is 0.339. The van der Waals surface area contributed by atoms with Gasteiger partial charge in [0.2, 0.25) is 0 Å². The van der Waals surface area contributed by atoms with Gasteiger partial charge in [0, 0.05) is 10.9 Å². The second-order valence-corrected chi connectivity index (χ2v) is 8.86. The molecule has 0 amide bonds. The molecule has 3 heteroatoms. The Morgan fingerprint density at radius 2 is 1.63 bits per heavy atom. The minimum Gasteiger partial charge on any atom is -0.461 e. The molecule has 0 aliphatic heterocycles. The molecule has 0 aliphatic rings. The number of carbonyl (C=O) groups excluding carboxylic acids is 1. The summed E-state index contributed by atoms with van der Waals surface area (Å²) in [4.78, 5) is 15.0. The summed E-state index contributed by atoms with van der Waals surface area (Å²) >= 11 is 0. The number of aromatic nitrogens is 1. The monoisotopic (exact) mass is 371 g/mol. The molecule has 0 radical (unpaired) electrons. The van der Waals surface area contributed by atoms with E-state index in [2.05, 4.69) is 44.0 Å². The first kappa shape index (κ1) is 21.5. The van der Waals surface area contributed by atoms with Crippen molar-refractivity contribution in [3.05, 3.63) is 35.5 Å². The molecule has 0 saturated carbocycles. The van der Waals surface area contributed by atoms with Crippen LogP contribution in [-0.2, 0) is 11.2 Å². The van der Waals surface area contributed by atoms with Crippen LogP contribution in [0.3, 0.4) is 0 Å². The zero-order chi connectivity index (χ0) is 19.7. The number of unbranched alkanes of at least 4 members (excludes halogenated alkanes) is 6. The van der Waals surface area contributed by atoms with E-state index in [9.17, 15) is 4.79 Å². The lowest BCUT2D eigenvalue weighted by molar-refractivity contribution is 0.0520. The molecule has 0 atom stereocenters. The molecule has 1 N–H and O–H groups in total. The minimum absolute atomic E-state index is 0.280. The van der Waals surface area contributed by atoms with E-state index >= 15 is 0 Å². The van der Waals surface area contributed by atoms with Crippen molar-refractivity contribution in [1.29, 1.82) is 0 Å². The highest BCUT2D eigenvalue weighted by Crippen LogP contribution is 2.23. The van der Waals surface area contributed by atoms with Crippen LogP contribution in [0.25, 0.3) is 10.9 Å². The summed E-state index contributed by atoms with van der Waals surface area (Å²) in [5.74, 6) is -0.280. The number of ether oxygens (including phenoxy) is 1. The molecule has 0 bridgehead atoms. The maximum Gasteiger partial charge on any atom is 0.354 e. The van der Waals surface area contributed by atoms with Gasteiger partial charge in [0.15, 0.2) is 0 Å². The summed E-state index contributed by atoms with van der Waals surface area (Å²) in [7, 11) is 0. The summed E-state index contributed by atoms with van der Waals surface area (Å²) < 4.78 is 5.06. The Morgan fingerprint density at radius 3 is 2.30 bits per heavy atom. The minimum atomic E-state index is -0.280. The second kappa shape index (κ2) is 10.5. The Hall–Kier alpha value is -1.77. The van der Waals surface area contributed by atoms with Crippen molar-refractivity contribution in [3.8, 4) is 0 Å². The van der Waals surface area contributed by atoms with E-state index in [1.54, 1.807) is 0 Å². The predicted octanol–water partition coefficient (Wildman–Crippen LogP) is 7.05. The number of aromatic amines is 1. The van der Waals surface area contributed by atoms with Crippen LogP contribution in [0.4, 0.5) is 0 Å². The fourth-order valence-corrected chi connectivity index (χ4v) is 3.52. The zero-order valence-corrected chi connectivity index (χ0v) is 17.7. The van der Waals surface area contributed by atoms with Gasteiger partial charge in [0.1, 0.15) is 5.69 Å². The summed E-state index contributed by atoms with van der Waals surface area (Å²) in [6.45, 7) is 9.21. The van der Waals surface area contributed by atoms with E-state index in [4.69, 9.17) is 4.74 Å². The van der Waals surface area contributed by atoms with Crippen molar-refractivity contribution in [1.82, 2.24) is 4.98 Å². The largest absolute Gasteiger partial charge is 0.461 e. The van der Waals surface area contributed by atoms with Crippen molar-refractivity contribution >= 4 is 16.9 Å². The number of hydrogen-bond donors (Lipinski definition) is 1. The predicted molar refractivity (Wildman–Crippen MR) is 114 cm³/mol. The van der Waals surface area contributed by atoms with Crippen molar-refractivity contribution in [2.45, 2.75) is 85.5 Å². The lowest BCUT2D eigenvalue weighted by atomic mass is 9.89. The SMILES string of the molecule is CCOC(=O)c1cc2cc(CCCCCCCCCC(C)(C)C)ccc2[nH]1. The van der Waals surface area contributed by atoms with Gasteiger partial charge in [-0.3, -0.25) is 0 Å². The van der Waals surface area contributed by atoms with Crippen LogP contribution in [0.1, 0.15) is 95.1 Å². The van der Waals surface area contributed by atoms with E-state index in [1.165, 1.54) is 56.9 Å². The first-order valence-corrected chi connectivity index (χ1v) is 10.7. The van der Waals surface area contributed by atoms with E-state index in [0.29, 0.717) is 17.7 Å². The molecule has 1 aromatic heterocycles. The van der Waals surface area contributed by atoms with Crippen molar-refractivity contribution in [2.75, 3.05) is 6.61 Å². The molecule has 0 aliphatic carbocycles. The van der Waals surface area contributed by atoms with Crippen LogP contribution in [-0.4, -0.2) is 17.6 Å². The van der Waals surface area contributed by atoms with Crippen LogP contribution >= 0.6 is 0 Å². The number of hydrogen-bond acceptors (Lipinski definition) is 2. The van der Waals surface area contributed by atoms with Crippen LogP contribution < -0.4 is 0 Å². The van der Waals surface area contributed by atoms with E-state index < -0.39 is 0 Å². The second-order valence-electron chi connectivity index (χ2n) is 8.86. The molecule has 1 aromatic carbocycles. The van der Waals surface area contributed by atoms with Gasteiger partial charge < -0.3 is 9.72 Å². The third kappa shape index (κ3) is 7.78. The maximum absolute atomic E-state index is 11.8. The lowest BCUT2D eigenvalue weighted by Gasteiger charge is -2.17. The molecule has 27 heavy (non-hydrogen) atoms. The fourth-order valence-electron chi connectivity index (χ4n) is 3.52. The topological polar surface area (TPSA) is 42.1 Å². The summed E-state index contributed by atoms with van der Waals surface area (Å²) in [5.41, 5.74) is 3.37. The summed E-state index contributed by atoms with van der Waals surface area (Å²) in [6.07, 6.45) is 11.8. The number of fused-ring (bicyclic) bond motifs is 1. The molecule has 150 valence electrons. The van der Waals surface area contributed by atoms with E-state index in [1.807, 2.05) is 13.0 Å². The molecule has 2 aromatic rings. The van der Waals surface area contributed by atoms with Gasteiger partial charge in [-0.15, -0.1) is 0 Å². The number of esters is 1. The Balaban J connectivity index is 1.66. The van der Waals surface area contributed by atoms with Crippen molar-refractivity contribution in [2.24, 2.45) is 5.41 Å². The molecular weight excluding hydrogens is 334 g/mol. The Kier molecular flexibility index (Phi) is 8.40. The van der Waals surface area contributed by atoms with Crippen molar-refractivity contribution in [3.63, 3.8) is 0 Å². The number of rotatable bonds is 11.